The maximum absolute atomic E-state index is 11.8. The van der Waals surface area contributed by atoms with Crippen LogP contribution in [0.3, 0.4) is 0 Å². The van der Waals surface area contributed by atoms with Crippen LogP contribution in [0.25, 0.3) is 0 Å². The summed E-state index contributed by atoms with van der Waals surface area (Å²) < 4.78 is 0. The van der Waals surface area contributed by atoms with E-state index in [1.807, 2.05) is 18.2 Å². The van der Waals surface area contributed by atoms with Crippen LogP contribution in [0.15, 0.2) is 41.1 Å². The van der Waals surface area contributed by atoms with Crippen LogP contribution in [0.5, 0.6) is 0 Å². The van der Waals surface area contributed by atoms with Gasteiger partial charge in [0.2, 0.25) is 0 Å². The first-order valence-corrected chi connectivity index (χ1v) is 5.95. The van der Waals surface area contributed by atoms with Gasteiger partial charge in [0.25, 0.3) is 0 Å². The summed E-state index contributed by atoms with van der Waals surface area (Å²) in [5.41, 5.74) is 3.38. The summed E-state index contributed by atoms with van der Waals surface area (Å²) in [6, 6.07) is 10.1. The van der Waals surface area contributed by atoms with E-state index in [0.717, 1.165) is 5.56 Å². The Morgan fingerprint density at radius 2 is 2.07 bits per heavy atom. The molecule has 0 fully saturated rings. The second-order valence-electron chi connectivity index (χ2n) is 3.82. The van der Waals surface area contributed by atoms with E-state index in [2.05, 4.69) is 22.9 Å². The normalized spacial score (nSPS) is 19.2. The third-order valence-electron chi connectivity index (χ3n) is 2.97. The fraction of sp³-hybridized carbons (Fsp3) is 0.154. The smallest absolute Gasteiger partial charge is 0.164 e. The molecule has 2 heteroatoms. The Bertz CT molecular complexity index is 499. The molecule has 1 aliphatic carbocycles. The molecule has 1 unspecified atom stereocenters. The van der Waals surface area contributed by atoms with Crippen LogP contribution in [-0.2, 0) is 0 Å². The van der Waals surface area contributed by atoms with Crippen molar-refractivity contribution in [3.05, 3.63) is 57.8 Å². The van der Waals surface area contributed by atoms with E-state index in [9.17, 15) is 4.79 Å². The highest BCUT2D eigenvalue weighted by molar-refractivity contribution is 7.08. The fourth-order valence-corrected chi connectivity index (χ4v) is 2.95. The molecule has 1 aromatic heterocycles. The minimum absolute atomic E-state index is 0.279. The largest absolute Gasteiger partial charge is 0.294 e. The summed E-state index contributed by atoms with van der Waals surface area (Å²) in [6.07, 6.45) is 0.635. The number of hydrogen-bond donors (Lipinski definition) is 0. The molecule has 3 rings (SSSR count). The van der Waals surface area contributed by atoms with Crippen molar-refractivity contribution < 1.29 is 4.79 Å². The van der Waals surface area contributed by atoms with Crippen LogP contribution in [0.4, 0.5) is 0 Å². The molecule has 0 saturated heterocycles. The van der Waals surface area contributed by atoms with E-state index in [1.165, 1.54) is 11.1 Å². The van der Waals surface area contributed by atoms with Gasteiger partial charge in [-0.05, 0) is 28.0 Å². The molecule has 0 amide bonds. The van der Waals surface area contributed by atoms with E-state index in [1.54, 1.807) is 11.3 Å². The molecule has 0 radical (unpaired) electrons. The topological polar surface area (TPSA) is 17.1 Å². The molecule has 1 aromatic carbocycles. The number of carbonyl (C=O) groups excluding carboxylic acids is 1. The molecular formula is C13H10OS. The SMILES string of the molecule is O=C1CC(c2ccsc2)c2ccccc21. The number of benzene rings is 1. The highest BCUT2D eigenvalue weighted by Gasteiger charge is 2.29. The summed E-state index contributed by atoms with van der Waals surface area (Å²) in [6.45, 7) is 0. The minimum atomic E-state index is 0.279. The van der Waals surface area contributed by atoms with Crippen LogP contribution in [0.1, 0.15) is 33.8 Å². The van der Waals surface area contributed by atoms with Crippen LogP contribution < -0.4 is 0 Å². The van der Waals surface area contributed by atoms with Crippen molar-refractivity contribution in [3.63, 3.8) is 0 Å². The Kier molecular flexibility index (Phi) is 1.96. The predicted octanol–water partition coefficient (Wildman–Crippen LogP) is 3.47. The van der Waals surface area contributed by atoms with E-state index < -0.39 is 0 Å². The molecule has 0 spiro atoms. The molecule has 74 valence electrons. The van der Waals surface area contributed by atoms with Crippen molar-refractivity contribution >= 4 is 17.1 Å². The summed E-state index contributed by atoms with van der Waals surface area (Å²) in [4.78, 5) is 11.8. The quantitative estimate of drug-likeness (QED) is 0.710. The van der Waals surface area contributed by atoms with E-state index >= 15 is 0 Å². The van der Waals surface area contributed by atoms with Gasteiger partial charge in [-0.1, -0.05) is 24.3 Å². The zero-order valence-corrected chi connectivity index (χ0v) is 8.96. The lowest BCUT2D eigenvalue weighted by atomic mass is 9.96. The van der Waals surface area contributed by atoms with Gasteiger partial charge in [-0.15, -0.1) is 0 Å². The number of rotatable bonds is 1. The zero-order chi connectivity index (χ0) is 10.3. The number of ketones is 1. The molecule has 1 atom stereocenters. The lowest BCUT2D eigenvalue weighted by Crippen LogP contribution is -1.94. The molecule has 1 aliphatic rings. The van der Waals surface area contributed by atoms with Gasteiger partial charge >= 0.3 is 0 Å². The lowest BCUT2D eigenvalue weighted by molar-refractivity contribution is 0.0991. The highest BCUT2D eigenvalue weighted by Crippen LogP contribution is 2.38. The van der Waals surface area contributed by atoms with Gasteiger partial charge in [0.1, 0.15) is 0 Å². The zero-order valence-electron chi connectivity index (χ0n) is 8.14. The molecule has 0 bridgehead atoms. The molecule has 2 aromatic rings. The third-order valence-corrected chi connectivity index (χ3v) is 3.67. The lowest BCUT2D eigenvalue weighted by Gasteiger charge is -2.07. The van der Waals surface area contributed by atoms with Crippen molar-refractivity contribution in [2.24, 2.45) is 0 Å². The Hall–Kier alpha value is -1.41. The monoisotopic (exact) mass is 214 g/mol. The fourth-order valence-electron chi connectivity index (χ4n) is 2.23. The van der Waals surface area contributed by atoms with Crippen LogP contribution in [0, 0.1) is 0 Å². The number of carbonyl (C=O) groups is 1. The van der Waals surface area contributed by atoms with Crippen molar-refractivity contribution in [2.45, 2.75) is 12.3 Å². The molecule has 15 heavy (non-hydrogen) atoms. The number of fused-ring (bicyclic) bond motifs is 1. The van der Waals surface area contributed by atoms with Crippen molar-refractivity contribution in [1.29, 1.82) is 0 Å². The Morgan fingerprint density at radius 1 is 1.20 bits per heavy atom. The molecule has 0 N–H and O–H groups in total. The second kappa shape index (κ2) is 3.31. The predicted molar refractivity (Wildman–Crippen MR) is 61.6 cm³/mol. The van der Waals surface area contributed by atoms with Crippen molar-refractivity contribution in [3.8, 4) is 0 Å². The van der Waals surface area contributed by atoms with Crippen molar-refractivity contribution in [2.75, 3.05) is 0 Å². The molecule has 1 heterocycles. The first-order chi connectivity index (χ1) is 7.36. The van der Waals surface area contributed by atoms with Crippen LogP contribution >= 0.6 is 11.3 Å². The van der Waals surface area contributed by atoms with Crippen LogP contribution in [-0.4, -0.2) is 5.78 Å². The van der Waals surface area contributed by atoms with E-state index in [-0.39, 0.29) is 5.78 Å². The number of thiophene rings is 1. The number of Topliss-reactive ketones (excluding diaryl/α,β-unsaturated/α-hetero) is 1. The van der Waals surface area contributed by atoms with Gasteiger partial charge < -0.3 is 0 Å². The maximum atomic E-state index is 11.8. The summed E-state index contributed by atoms with van der Waals surface area (Å²) in [5, 5.41) is 4.21. The number of hydrogen-bond acceptors (Lipinski definition) is 2. The average Bonchev–Trinajstić information content (AvgIpc) is 2.87. The molecular weight excluding hydrogens is 204 g/mol. The molecule has 1 nitrogen and oxygen atoms in total. The molecule has 0 saturated carbocycles. The van der Waals surface area contributed by atoms with E-state index in [0.29, 0.717) is 12.3 Å². The third kappa shape index (κ3) is 1.33. The standard InChI is InChI=1S/C13H10OS/c14-13-7-12(9-5-6-15-8-9)10-3-1-2-4-11(10)13/h1-6,8,12H,7H2. The van der Waals surface area contributed by atoms with Crippen LogP contribution in [0.2, 0.25) is 0 Å². The highest BCUT2D eigenvalue weighted by atomic mass is 32.1. The summed E-state index contributed by atoms with van der Waals surface area (Å²) >= 11 is 1.69. The maximum Gasteiger partial charge on any atom is 0.164 e. The summed E-state index contributed by atoms with van der Waals surface area (Å²) in [5.74, 6) is 0.571. The first kappa shape index (κ1) is 8.86. The van der Waals surface area contributed by atoms with Gasteiger partial charge in [-0.3, -0.25) is 4.79 Å². The first-order valence-electron chi connectivity index (χ1n) is 5.00. The van der Waals surface area contributed by atoms with Gasteiger partial charge in [-0.2, -0.15) is 11.3 Å². The summed E-state index contributed by atoms with van der Waals surface area (Å²) in [7, 11) is 0. The van der Waals surface area contributed by atoms with E-state index in [4.69, 9.17) is 0 Å². The Balaban J connectivity index is 2.13. The van der Waals surface area contributed by atoms with Gasteiger partial charge in [0.15, 0.2) is 5.78 Å². The Morgan fingerprint density at radius 3 is 2.87 bits per heavy atom. The van der Waals surface area contributed by atoms with Gasteiger partial charge in [-0.25, -0.2) is 0 Å². The van der Waals surface area contributed by atoms with Gasteiger partial charge in [0.05, 0.1) is 0 Å². The van der Waals surface area contributed by atoms with Gasteiger partial charge in [0, 0.05) is 17.9 Å². The Labute approximate surface area is 92.4 Å². The van der Waals surface area contributed by atoms with Crippen molar-refractivity contribution in [1.82, 2.24) is 0 Å². The average molecular weight is 214 g/mol. The minimum Gasteiger partial charge on any atom is -0.294 e. The second-order valence-corrected chi connectivity index (χ2v) is 4.60. The molecule has 0 aliphatic heterocycles.